The van der Waals surface area contributed by atoms with Crippen LogP contribution < -0.4 is 0 Å². The molecule has 1 aliphatic rings. The lowest BCUT2D eigenvalue weighted by Gasteiger charge is -2.16. The molecule has 0 spiro atoms. The first kappa shape index (κ1) is 16.6. The van der Waals surface area contributed by atoms with Crippen molar-refractivity contribution in [1.82, 2.24) is 4.90 Å². The molecule has 0 aliphatic carbocycles. The van der Waals surface area contributed by atoms with Gasteiger partial charge in [-0.25, -0.2) is 4.39 Å². The number of aliphatic hydroxyl groups is 1. The van der Waals surface area contributed by atoms with Gasteiger partial charge in [0.1, 0.15) is 11.9 Å². The lowest BCUT2D eigenvalue weighted by Crippen LogP contribution is -2.30. The number of halogens is 1. The Morgan fingerprint density at radius 2 is 1.92 bits per heavy atom. The maximum Gasteiger partial charge on any atom is 0.254 e. The number of aliphatic hydroxyl groups excluding tert-OH is 1. The van der Waals surface area contributed by atoms with E-state index in [1.165, 1.54) is 12.1 Å². The zero-order valence-electron chi connectivity index (χ0n) is 13.5. The van der Waals surface area contributed by atoms with Crippen LogP contribution in [0.5, 0.6) is 0 Å². The minimum Gasteiger partial charge on any atom is -0.388 e. The van der Waals surface area contributed by atoms with Crippen LogP contribution >= 0.6 is 0 Å². The summed E-state index contributed by atoms with van der Waals surface area (Å²) >= 11 is 0. The molecule has 5 heteroatoms. The number of amides is 1. The average Bonchev–Trinajstić information content (AvgIpc) is 2.95. The van der Waals surface area contributed by atoms with Crippen molar-refractivity contribution in [3.05, 3.63) is 59.9 Å². The molecule has 0 aromatic heterocycles. The van der Waals surface area contributed by atoms with Crippen LogP contribution in [0.15, 0.2) is 48.5 Å². The van der Waals surface area contributed by atoms with Gasteiger partial charge in [0, 0.05) is 25.3 Å². The quantitative estimate of drug-likeness (QED) is 0.938. The summed E-state index contributed by atoms with van der Waals surface area (Å²) < 4.78 is 18.9. The second-order valence-electron chi connectivity index (χ2n) is 5.86. The number of carbonyl (C=O) groups is 1. The van der Waals surface area contributed by atoms with Gasteiger partial charge in [-0.15, -0.1) is 0 Å². The molecule has 1 aliphatic heterocycles. The minimum absolute atomic E-state index is 0.158. The normalized spacial score (nSPS) is 20.4. The molecule has 0 saturated carbocycles. The SMILES string of the molecule is CCO[C@H]1CN(C(=O)c2cccc(-c3cccc(F)c3)c2)C[C@@H]1O. The van der Waals surface area contributed by atoms with Crippen LogP contribution in [-0.2, 0) is 4.74 Å². The Morgan fingerprint density at radius 1 is 1.21 bits per heavy atom. The Balaban J connectivity index is 1.80. The van der Waals surface area contributed by atoms with E-state index in [-0.39, 0.29) is 24.4 Å². The maximum absolute atomic E-state index is 13.4. The fraction of sp³-hybridized carbons (Fsp3) is 0.316. The van der Waals surface area contributed by atoms with E-state index in [0.29, 0.717) is 18.7 Å². The molecular weight excluding hydrogens is 309 g/mol. The van der Waals surface area contributed by atoms with E-state index in [1.54, 1.807) is 35.2 Å². The van der Waals surface area contributed by atoms with E-state index in [2.05, 4.69) is 0 Å². The summed E-state index contributed by atoms with van der Waals surface area (Å²) in [5, 5.41) is 9.99. The average molecular weight is 329 g/mol. The molecule has 0 radical (unpaired) electrons. The van der Waals surface area contributed by atoms with Crippen molar-refractivity contribution >= 4 is 5.91 Å². The number of carbonyl (C=O) groups excluding carboxylic acids is 1. The fourth-order valence-electron chi connectivity index (χ4n) is 2.98. The summed E-state index contributed by atoms with van der Waals surface area (Å²) in [6.45, 7) is 2.99. The summed E-state index contributed by atoms with van der Waals surface area (Å²) in [4.78, 5) is 14.3. The summed E-state index contributed by atoms with van der Waals surface area (Å²) in [5.41, 5.74) is 2.01. The number of hydrogen-bond acceptors (Lipinski definition) is 3. The van der Waals surface area contributed by atoms with E-state index in [9.17, 15) is 14.3 Å². The van der Waals surface area contributed by atoms with Gasteiger partial charge in [0.05, 0.1) is 6.10 Å². The van der Waals surface area contributed by atoms with Crippen LogP contribution in [0.3, 0.4) is 0 Å². The first-order chi connectivity index (χ1) is 11.6. The Kier molecular flexibility index (Phi) is 4.92. The van der Waals surface area contributed by atoms with Crippen molar-refractivity contribution in [2.45, 2.75) is 19.1 Å². The molecule has 1 fully saturated rings. The lowest BCUT2D eigenvalue weighted by atomic mass is 10.0. The van der Waals surface area contributed by atoms with Gasteiger partial charge in [0.2, 0.25) is 0 Å². The smallest absolute Gasteiger partial charge is 0.254 e. The van der Waals surface area contributed by atoms with Gasteiger partial charge in [-0.1, -0.05) is 24.3 Å². The molecule has 1 N–H and O–H groups in total. The van der Waals surface area contributed by atoms with Crippen molar-refractivity contribution < 1.29 is 19.0 Å². The van der Waals surface area contributed by atoms with Crippen molar-refractivity contribution in [3.8, 4) is 11.1 Å². The van der Waals surface area contributed by atoms with E-state index in [4.69, 9.17) is 4.74 Å². The first-order valence-electron chi connectivity index (χ1n) is 8.03. The first-order valence-corrected chi connectivity index (χ1v) is 8.03. The summed E-state index contributed by atoms with van der Waals surface area (Å²) in [6.07, 6.45) is -1.01. The molecule has 24 heavy (non-hydrogen) atoms. The van der Waals surface area contributed by atoms with Crippen LogP contribution in [-0.4, -0.2) is 47.8 Å². The molecule has 0 unspecified atom stereocenters. The predicted molar refractivity (Wildman–Crippen MR) is 89.2 cm³/mol. The van der Waals surface area contributed by atoms with Crippen molar-refractivity contribution in [2.24, 2.45) is 0 Å². The highest BCUT2D eigenvalue weighted by atomic mass is 19.1. The molecule has 0 bridgehead atoms. The molecule has 2 atom stereocenters. The highest BCUT2D eigenvalue weighted by Gasteiger charge is 2.34. The van der Waals surface area contributed by atoms with Crippen LogP contribution in [0, 0.1) is 5.82 Å². The minimum atomic E-state index is -0.666. The van der Waals surface area contributed by atoms with Crippen molar-refractivity contribution in [1.29, 1.82) is 0 Å². The monoisotopic (exact) mass is 329 g/mol. The molecular formula is C19H20FNO3. The van der Waals surface area contributed by atoms with Crippen LogP contribution in [0.4, 0.5) is 4.39 Å². The third-order valence-electron chi connectivity index (χ3n) is 4.17. The molecule has 4 nitrogen and oxygen atoms in total. The summed E-state index contributed by atoms with van der Waals surface area (Å²) in [6, 6.07) is 13.4. The van der Waals surface area contributed by atoms with Gasteiger partial charge in [-0.05, 0) is 42.3 Å². The summed E-state index contributed by atoms with van der Waals surface area (Å²) in [5.74, 6) is -0.471. The van der Waals surface area contributed by atoms with Crippen molar-refractivity contribution in [2.75, 3.05) is 19.7 Å². The van der Waals surface area contributed by atoms with Gasteiger partial charge in [0.15, 0.2) is 0 Å². The van der Waals surface area contributed by atoms with Gasteiger partial charge >= 0.3 is 0 Å². The molecule has 2 aromatic rings. The topological polar surface area (TPSA) is 49.8 Å². The number of benzene rings is 2. The number of rotatable bonds is 4. The second-order valence-corrected chi connectivity index (χ2v) is 5.86. The molecule has 3 rings (SSSR count). The van der Waals surface area contributed by atoms with E-state index in [1.807, 2.05) is 13.0 Å². The molecule has 1 saturated heterocycles. The molecule has 1 heterocycles. The highest BCUT2D eigenvalue weighted by molar-refractivity contribution is 5.95. The largest absolute Gasteiger partial charge is 0.388 e. The standard InChI is InChI=1S/C19H20FNO3/c1-2-24-18-12-21(11-17(18)22)19(23)15-7-3-5-13(9-15)14-6-4-8-16(20)10-14/h3-10,17-18,22H,2,11-12H2,1H3/t17-,18-/m0/s1. The zero-order valence-corrected chi connectivity index (χ0v) is 13.5. The van der Waals surface area contributed by atoms with Gasteiger partial charge in [-0.2, -0.15) is 0 Å². The van der Waals surface area contributed by atoms with Crippen molar-refractivity contribution in [3.63, 3.8) is 0 Å². The van der Waals surface area contributed by atoms with Gasteiger partial charge in [-0.3, -0.25) is 4.79 Å². The van der Waals surface area contributed by atoms with Crippen LogP contribution in [0.1, 0.15) is 17.3 Å². The third-order valence-corrected chi connectivity index (χ3v) is 4.17. The number of nitrogens with zero attached hydrogens (tertiary/aromatic N) is 1. The zero-order chi connectivity index (χ0) is 17.1. The highest BCUT2D eigenvalue weighted by Crippen LogP contribution is 2.23. The fourth-order valence-corrected chi connectivity index (χ4v) is 2.98. The Morgan fingerprint density at radius 3 is 2.62 bits per heavy atom. The van der Waals surface area contributed by atoms with E-state index in [0.717, 1.165) is 11.1 Å². The number of likely N-dealkylation sites (tertiary alicyclic amines) is 1. The van der Waals surface area contributed by atoms with Gasteiger partial charge in [0.25, 0.3) is 5.91 Å². The maximum atomic E-state index is 13.4. The number of β-amino-alcohol motifs (C(OH)–C–C–N with tert-alkyl or cyclic N) is 1. The second kappa shape index (κ2) is 7.11. The van der Waals surface area contributed by atoms with E-state index >= 15 is 0 Å². The van der Waals surface area contributed by atoms with Crippen LogP contribution in [0.2, 0.25) is 0 Å². The molecule has 126 valence electrons. The Hall–Kier alpha value is -2.24. The summed E-state index contributed by atoms with van der Waals surface area (Å²) in [7, 11) is 0. The number of ether oxygens (including phenoxy) is 1. The molecule has 1 amide bonds. The van der Waals surface area contributed by atoms with Gasteiger partial charge < -0.3 is 14.7 Å². The Labute approximate surface area is 140 Å². The van der Waals surface area contributed by atoms with Crippen LogP contribution in [0.25, 0.3) is 11.1 Å². The van der Waals surface area contributed by atoms with E-state index < -0.39 is 6.10 Å². The lowest BCUT2D eigenvalue weighted by molar-refractivity contribution is -0.00237. The predicted octanol–water partition coefficient (Wildman–Crippen LogP) is 2.71. The third kappa shape index (κ3) is 3.47. The molecule has 2 aromatic carbocycles. The Bertz CT molecular complexity index is 734. The number of hydrogen-bond donors (Lipinski definition) is 1.